The van der Waals surface area contributed by atoms with E-state index in [-0.39, 0.29) is 29.6 Å². The molecule has 1 saturated heterocycles. The molecule has 3 fully saturated rings. The smallest absolute Gasteiger partial charge is 0.255 e. The minimum absolute atomic E-state index is 0.0793. The van der Waals surface area contributed by atoms with Gasteiger partial charge in [0, 0.05) is 11.3 Å². The van der Waals surface area contributed by atoms with Crippen molar-refractivity contribution in [1.29, 1.82) is 0 Å². The van der Waals surface area contributed by atoms with E-state index in [1.54, 1.807) is 24.3 Å². The first-order valence-electron chi connectivity index (χ1n) is 11.4. The summed E-state index contributed by atoms with van der Waals surface area (Å²) in [5.74, 6) is -0.00745. The van der Waals surface area contributed by atoms with Crippen LogP contribution in [0.5, 0.6) is 0 Å². The minimum Gasteiger partial charge on any atom is -0.321 e. The summed E-state index contributed by atoms with van der Waals surface area (Å²) in [6.07, 6.45) is 4.77. The molecule has 31 heavy (non-hydrogen) atoms. The number of nitrogens with zero attached hydrogens (tertiary/aromatic N) is 1. The monoisotopic (exact) mass is 416 g/mol. The van der Waals surface area contributed by atoms with Crippen molar-refractivity contribution >= 4 is 29.1 Å². The molecule has 3 amide bonds. The largest absolute Gasteiger partial charge is 0.321 e. The average Bonchev–Trinajstić information content (AvgIpc) is 3.47. The van der Waals surface area contributed by atoms with Crippen LogP contribution in [-0.4, -0.2) is 17.7 Å². The lowest BCUT2D eigenvalue weighted by molar-refractivity contribution is -0.123. The van der Waals surface area contributed by atoms with Crippen molar-refractivity contribution in [2.75, 3.05) is 10.2 Å². The summed E-state index contributed by atoms with van der Waals surface area (Å²) in [7, 11) is 0. The van der Waals surface area contributed by atoms with Crippen LogP contribution in [0.4, 0.5) is 11.4 Å². The van der Waals surface area contributed by atoms with Gasteiger partial charge in [0.05, 0.1) is 17.5 Å². The van der Waals surface area contributed by atoms with Crippen molar-refractivity contribution in [3.63, 3.8) is 0 Å². The summed E-state index contributed by atoms with van der Waals surface area (Å²) in [6, 6.07) is 13.0. The van der Waals surface area contributed by atoms with Crippen LogP contribution in [0.25, 0.3) is 0 Å². The van der Waals surface area contributed by atoms with Crippen LogP contribution >= 0.6 is 0 Å². The first-order valence-corrected chi connectivity index (χ1v) is 11.4. The Bertz CT molecular complexity index is 1030. The first-order chi connectivity index (χ1) is 15.0. The lowest BCUT2D eigenvalue weighted by Crippen LogP contribution is -2.33. The molecule has 2 aromatic rings. The number of carbonyl (C=O) groups is 3. The maximum absolute atomic E-state index is 13.1. The fraction of sp³-hybridized carbons (Fsp3) is 0.423. The van der Waals surface area contributed by atoms with Crippen molar-refractivity contribution < 1.29 is 14.4 Å². The van der Waals surface area contributed by atoms with Crippen LogP contribution in [0.2, 0.25) is 0 Å². The number of nitrogens with one attached hydrogen (secondary N) is 1. The molecule has 2 saturated carbocycles. The predicted octanol–water partition coefficient (Wildman–Crippen LogP) is 4.60. The number of carbonyl (C=O) groups excluding carboxylic acids is 3. The van der Waals surface area contributed by atoms with Gasteiger partial charge in [-0.2, -0.15) is 0 Å². The second kappa shape index (κ2) is 7.63. The van der Waals surface area contributed by atoms with E-state index in [4.69, 9.17) is 0 Å². The fourth-order valence-electron chi connectivity index (χ4n) is 6.04. The van der Waals surface area contributed by atoms with E-state index in [2.05, 4.69) is 19.2 Å². The molecule has 1 heterocycles. The normalized spacial score (nSPS) is 26.5. The Labute approximate surface area is 182 Å². The first kappa shape index (κ1) is 20.0. The van der Waals surface area contributed by atoms with Crippen molar-refractivity contribution in [3.05, 3.63) is 59.2 Å². The third-order valence-electron chi connectivity index (χ3n) is 7.53. The summed E-state index contributed by atoms with van der Waals surface area (Å²) in [5.41, 5.74) is 4.01. The molecule has 4 atom stereocenters. The molecule has 160 valence electrons. The zero-order chi connectivity index (χ0) is 21.7. The Balaban J connectivity index is 1.42. The Morgan fingerprint density at radius 1 is 0.935 bits per heavy atom. The minimum atomic E-state index is -0.225. The Hall–Kier alpha value is -2.95. The van der Waals surface area contributed by atoms with E-state index in [1.807, 2.05) is 18.2 Å². The van der Waals surface area contributed by atoms with Gasteiger partial charge in [-0.3, -0.25) is 19.3 Å². The number of aryl methyl sites for hydroxylation is 2. The Kier molecular flexibility index (Phi) is 4.92. The van der Waals surface area contributed by atoms with Crippen LogP contribution in [0.1, 0.15) is 54.6 Å². The number of para-hydroxylation sites is 1. The molecular formula is C26H28N2O3. The third-order valence-corrected chi connectivity index (χ3v) is 7.53. The molecule has 0 unspecified atom stereocenters. The molecule has 0 aromatic heterocycles. The molecule has 0 radical (unpaired) electrons. The molecule has 3 aliphatic rings. The van der Waals surface area contributed by atoms with Crippen molar-refractivity contribution in [2.45, 2.75) is 46.0 Å². The number of rotatable bonds is 5. The van der Waals surface area contributed by atoms with Crippen LogP contribution in [0.15, 0.2) is 42.5 Å². The van der Waals surface area contributed by atoms with Crippen LogP contribution in [0, 0.1) is 23.7 Å². The van der Waals surface area contributed by atoms with E-state index >= 15 is 0 Å². The summed E-state index contributed by atoms with van der Waals surface area (Å²) in [6.45, 7) is 4.14. The fourth-order valence-corrected chi connectivity index (χ4v) is 6.04. The number of fused-ring (bicyclic) bond motifs is 5. The van der Waals surface area contributed by atoms with Gasteiger partial charge >= 0.3 is 0 Å². The van der Waals surface area contributed by atoms with Gasteiger partial charge in [-0.15, -0.1) is 0 Å². The van der Waals surface area contributed by atoms with Crippen LogP contribution < -0.4 is 10.2 Å². The molecule has 5 rings (SSSR count). The van der Waals surface area contributed by atoms with Gasteiger partial charge in [-0.1, -0.05) is 38.1 Å². The summed E-state index contributed by atoms with van der Waals surface area (Å²) < 4.78 is 0. The highest BCUT2D eigenvalue weighted by Crippen LogP contribution is 2.56. The highest BCUT2D eigenvalue weighted by Gasteiger charge is 2.61. The SMILES string of the molecule is CCc1cccc(CC)c1NC(=O)c1cccc(N2C(=O)[C@@H]3[C@H]4CC[C@@H](C4)[C@H]3C2=O)c1. The van der Waals surface area contributed by atoms with Gasteiger partial charge in [0.2, 0.25) is 11.8 Å². The van der Waals surface area contributed by atoms with Crippen molar-refractivity contribution in [2.24, 2.45) is 23.7 Å². The number of imide groups is 1. The Morgan fingerprint density at radius 2 is 1.52 bits per heavy atom. The summed E-state index contributed by atoms with van der Waals surface area (Å²) >= 11 is 0. The highest BCUT2D eigenvalue weighted by atomic mass is 16.2. The third kappa shape index (κ3) is 3.10. The molecule has 5 nitrogen and oxygen atoms in total. The Morgan fingerprint density at radius 3 is 2.10 bits per heavy atom. The quantitative estimate of drug-likeness (QED) is 0.725. The van der Waals surface area contributed by atoms with E-state index in [0.29, 0.717) is 23.1 Å². The summed E-state index contributed by atoms with van der Waals surface area (Å²) in [4.78, 5) is 40.7. The van der Waals surface area contributed by atoms with E-state index in [0.717, 1.165) is 48.9 Å². The number of amides is 3. The van der Waals surface area contributed by atoms with Gasteiger partial charge in [0.15, 0.2) is 0 Å². The molecule has 2 bridgehead atoms. The number of benzene rings is 2. The van der Waals surface area contributed by atoms with Crippen molar-refractivity contribution in [3.8, 4) is 0 Å². The maximum atomic E-state index is 13.1. The zero-order valence-electron chi connectivity index (χ0n) is 18.1. The lowest BCUT2D eigenvalue weighted by Gasteiger charge is -2.19. The second-order valence-corrected chi connectivity index (χ2v) is 9.06. The lowest BCUT2D eigenvalue weighted by atomic mass is 9.81. The zero-order valence-corrected chi connectivity index (χ0v) is 18.1. The van der Waals surface area contributed by atoms with E-state index in [1.165, 1.54) is 4.90 Å². The topological polar surface area (TPSA) is 66.5 Å². The maximum Gasteiger partial charge on any atom is 0.255 e. The highest BCUT2D eigenvalue weighted by molar-refractivity contribution is 6.23. The summed E-state index contributed by atoms with van der Waals surface area (Å²) in [5, 5.41) is 3.07. The molecule has 1 N–H and O–H groups in total. The molecule has 2 aliphatic carbocycles. The number of hydrogen-bond donors (Lipinski definition) is 1. The molecule has 5 heteroatoms. The number of anilines is 2. The van der Waals surface area contributed by atoms with Crippen molar-refractivity contribution in [1.82, 2.24) is 0 Å². The van der Waals surface area contributed by atoms with Crippen LogP contribution in [0.3, 0.4) is 0 Å². The number of hydrogen-bond acceptors (Lipinski definition) is 3. The standard InChI is InChI=1S/C26H28N2O3/c1-3-15-7-5-8-16(4-2)23(15)27-24(29)19-9-6-10-20(14-19)28-25(30)21-17-11-12-18(13-17)22(21)26(28)31/h5-10,14,17-18,21-22H,3-4,11-13H2,1-2H3,(H,27,29)/t17-,18-,21+,22+/m0/s1. The van der Waals surface area contributed by atoms with Gasteiger partial charge in [0.1, 0.15) is 0 Å². The molecule has 0 spiro atoms. The average molecular weight is 417 g/mol. The van der Waals surface area contributed by atoms with E-state index < -0.39 is 0 Å². The van der Waals surface area contributed by atoms with Gasteiger partial charge in [-0.05, 0) is 73.3 Å². The second-order valence-electron chi connectivity index (χ2n) is 9.06. The van der Waals surface area contributed by atoms with Crippen LogP contribution in [-0.2, 0) is 22.4 Å². The molecular weight excluding hydrogens is 388 g/mol. The molecule has 2 aromatic carbocycles. The van der Waals surface area contributed by atoms with Gasteiger partial charge in [-0.25, -0.2) is 0 Å². The van der Waals surface area contributed by atoms with Gasteiger partial charge in [0.25, 0.3) is 5.91 Å². The predicted molar refractivity (Wildman–Crippen MR) is 120 cm³/mol. The van der Waals surface area contributed by atoms with Gasteiger partial charge < -0.3 is 5.32 Å². The molecule has 1 aliphatic heterocycles. The van der Waals surface area contributed by atoms with E-state index in [9.17, 15) is 14.4 Å².